The van der Waals surface area contributed by atoms with Gasteiger partial charge in [-0.25, -0.2) is 0 Å². The summed E-state index contributed by atoms with van der Waals surface area (Å²) in [7, 11) is 1.53. The Labute approximate surface area is 107 Å². The van der Waals surface area contributed by atoms with Gasteiger partial charge in [-0.1, -0.05) is 5.16 Å². The van der Waals surface area contributed by atoms with E-state index in [0.29, 0.717) is 16.3 Å². The van der Waals surface area contributed by atoms with Gasteiger partial charge in [0.25, 0.3) is 11.8 Å². The maximum absolute atomic E-state index is 11.8. The Hall–Kier alpha value is -2.15. The molecule has 0 aliphatic rings. The number of anilines is 1. The predicted molar refractivity (Wildman–Crippen MR) is 66.9 cm³/mol. The van der Waals surface area contributed by atoms with Crippen LogP contribution in [-0.2, 0) is 0 Å². The second-order valence-corrected chi connectivity index (χ2v) is 4.45. The maximum atomic E-state index is 11.8. The van der Waals surface area contributed by atoms with E-state index in [9.17, 15) is 9.59 Å². The molecule has 0 spiro atoms. The molecule has 2 N–H and O–H groups in total. The first kappa shape index (κ1) is 12.3. The molecule has 18 heavy (non-hydrogen) atoms. The number of aromatic nitrogens is 1. The highest BCUT2D eigenvalue weighted by Crippen LogP contribution is 2.23. The molecule has 0 aliphatic carbocycles. The molecule has 0 aromatic carbocycles. The molecule has 6 nitrogen and oxygen atoms in total. The SMILES string of the molecule is CNC(=O)c1ccsc1NC(=O)c1cc(C)no1. The van der Waals surface area contributed by atoms with Crippen LogP contribution in [0.4, 0.5) is 5.00 Å². The van der Waals surface area contributed by atoms with Crippen LogP contribution in [0.5, 0.6) is 0 Å². The Morgan fingerprint density at radius 2 is 2.17 bits per heavy atom. The van der Waals surface area contributed by atoms with Gasteiger partial charge in [0, 0.05) is 13.1 Å². The molecule has 0 aliphatic heterocycles. The van der Waals surface area contributed by atoms with E-state index in [0.717, 1.165) is 0 Å². The van der Waals surface area contributed by atoms with E-state index < -0.39 is 5.91 Å². The van der Waals surface area contributed by atoms with Gasteiger partial charge >= 0.3 is 0 Å². The summed E-state index contributed by atoms with van der Waals surface area (Å²) in [4.78, 5) is 23.3. The number of carbonyl (C=O) groups is 2. The molecule has 0 saturated carbocycles. The number of thiophene rings is 1. The molecule has 0 atom stereocenters. The van der Waals surface area contributed by atoms with E-state index in [1.54, 1.807) is 18.4 Å². The van der Waals surface area contributed by atoms with Crippen molar-refractivity contribution in [1.82, 2.24) is 10.5 Å². The smallest absolute Gasteiger partial charge is 0.294 e. The van der Waals surface area contributed by atoms with Crippen LogP contribution in [0.25, 0.3) is 0 Å². The van der Waals surface area contributed by atoms with Crippen molar-refractivity contribution >= 4 is 28.2 Å². The van der Waals surface area contributed by atoms with E-state index in [2.05, 4.69) is 15.8 Å². The van der Waals surface area contributed by atoms with Crippen molar-refractivity contribution in [3.63, 3.8) is 0 Å². The molecular formula is C11H11N3O3S. The second-order valence-electron chi connectivity index (χ2n) is 3.53. The normalized spacial score (nSPS) is 10.1. The van der Waals surface area contributed by atoms with Crippen molar-refractivity contribution in [2.75, 3.05) is 12.4 Å². The van der Waals surface area contributed by atoms with Crippen LogP contribution in [0.2, 0.25) is 0 Å². The van der Waals surface area contributed by atoms with E-state index in [1.165, 1.54) is 24.5 Å². The minimum Gasteiger partial charge on any atom is -0.355 e. The summed E-state index contributed by atoms with van der Waals surface area (Å²) >= 11 is 1.27. The number of hydrogen-bond acceptors (Lipinski definition) is 5. The third-order valence-corrected chi connectivity index (χ3v) is 3.05. The first-order valence-electron chi connectivity index (χ1n) is 5.16. The molecule has 0 unspecified atom stereocenters. The summed E-state index contributed by atoms with van der Waals surface area (Å²) in [6.07, 6.45) is 0. The zero-order chi connectivity index (χ0) is 13.1. The van der Waals surface area contributed by atoms with Gasteiger partial charge in [-0.15, -0.1) is 11.3 Å². The Bertz CT molecular complexity index is 588. The van der Waals surface area contributed by atoms with Gasteiger partial charge in [0.1, 0.15) is 5.00 Å². The van der Waals surface area contributed by atoms with E-state index in [1.807, 2.05) is 0 Å². The van der Waals surface area contributed by atoms with Gasteiger partial charge in [-0.2, -0.15) is 0 Å². The Balaban J connectivity index is 2.17. The molecule has 2 aromatic rings. The van der Waals surface area contributed by atoms with Crippen LogP contribution in [0.3, 0.4) is 0 Å². The number of nitrogens with zero attached hydrogens (tertiary/aromatic N) is 1. The Morgan fingerprint density at radius 1 is 1.39 bits per heavy atom. The van der Waals surface area contributed by atoms with Crippen LogP contribution in [0.15, 0.2) is 22.0 Å². The molecule has 2 heterocycles. The fraction of sp³-hybridized carbons (Fsp3) is 0.182. The van der Waals surface area contributed by atoms with Crippen LogP contribution >= 0.6 is 11.3 Å². The minimum atomic E-state index is -0.428. The fourth-order valence-electron chi connectivity index (χ4n) is 1.35. The number of nitrogens with one attached hydrogen (secondary N) is 2. The van der Waals surface area contributed by atoms with Crippen molar-refractivity contribution in [1.29, 1.82) is 0 Å². The van der Waals surface area contributed by atoms with Gasteiger partial charge in [0.2, 0.25) is 5.76 Å². The highest BCUT2D eigenvalue weighted by atomic mass is 32.1. The zero-order valence-corrected chi connectivity index (χ0v) is 10.6. The van der Waals surface area contributed by atoms with Crippen LogP contribution in [0.1, 0.15) is 26.6 Å². The highest BCUT2D eigenvalue weighted by molar-refractivity contribution is 7.14. The largest absolute Gasteiger partial charge is 0.355 e. The van der Waals surface area contributed by atoms with Gasteiger partial charge in [-0.3, -0.25) is 9.59 Å². The third kappa shape index (κ3) is 2.40. The molecule has 2 amide bonds. The van der Waals surface area contributed by atoms with E-state index in [-0.39, 0.29) is 11.7 Å². The highest BCUT2D eigenvalue weighted by Gasteiger charge is 2.17. The molecule has 0 saturated heterocycles. The molecule has 0 fully saturated rings. The summed E-state index contributed by atoms with van der Waals surface area (Å²) < 4.78 is 4.84. The molecule has 0 radical (unpaired) electrons. The molecule has 7 heteroatoms. The first-order valence-corrected chi connectivity index (χ1v) is 6.04. The molecular weight excluding hydrogens is 254 g/mol. The van der Waals surface area contributed by atoms with Crippen molar-refractivity contribution < 1.29 is 14.1 Å². The minimum absolute atomic E-state index is 0.115. The lowest BCUT2D eigenvalue weighted by atomic mass is 10.3. The zero-order valence-electron chi connectivity index (χ0n) is 9.81. The predicted octanol–water partition coefficient (Wildman–Crippen LogP) is 1.66. The molecule has 2 aromatic heterocycles. The summed E-state index contributed by atoms with van der Waals surface area (Å²) in [5.41, 5.74) is 1.05. The lowest BCUT2D eigenvalue weighted by Gasteiger charge is -2.03. The summed E-state index contributed by atoms with van der Waals surface area (Å²) in [5, 5.41) is 11.0. The third-order valence-electron chi connectivity index (χ3n) is 2.22. The van der Waals surface area contributed by atoms with E-state index >= 15 is 0 Å². The molecule has 0 bridgehead atoms. The van der Waals surface area contributed by atoms with Crippen LogP contribution in [-0.4, -0.2) is 24.0 Å². The summed E-state index contributed by atoms with van der Waals surface area (Å²) in [6, 6.07) is 3.17. The number of carbonyl (C=O) groups excluding carboxylic acids is 2. The van der Waals surface area contributed by atoms with Gasteiger partial charge in [0.05, 0.1) is 11.3 Å². The second kappa shape index (κ2) is 5.01. The molecule has 94 valence electrons. The van der Waals surface area contributed by atoms with E-state index in [4.69, 9.17) is 4.52 Å². The van der Waals surface area contributed by atoms with Crippen molar-refractivity contribution in [2.24, 2.45) is 0 Å². The number of rotatable bonds is 3. The van der Waals surface area contributed by atoms with Gasteiger partial charge < -0.3 is 15.2 Å². The monoisotopic (exact) mass is 265 g/mol. The standard InChI is InChI=1S/C11H11N3O3S/c1-6-5-8(17-14-6)10(16)13-11-7(3-4-18-11)9(15)12-2/h3-5H,1-2H3,(H,12,15)(H,13,16). The Kier molecular flexibility index (Phi) is 3.42. The Morgan fingerprint density at radius 3 is 2.78 bits per heavy atom. The fourth-order valence-corrected chi connectivity index (χ4v) is 2.13. The van der Waals surface area contributed by atoms with Gasteiger partial charge in [0.15, 0.2) is 0 Å². The number of amides is 2. The first-order chi connectivity index (χ1) is 8.61. The summed E-state index contributed by atoms with van der Waals surface area (Å²) in [6.45, 7) is 1.72. The van der Waals surface area contributed by atoms with Crippen molar-refractivity contribution in [3.05, 3.63) is 34.5 Å². The quantitative estimate of drug-likeness (QED) is 0.883. The van der Waals surface area contributed by atoms with Crippen LogP contribution in [0, 0.1) is 6.92 Å². The summed E-state index contributed by atoms with van der Waals surface area (Å²) in [5.74, 6) is -0.563. The lowest BCUT2D eigenvalue weighted by Crippen LogP contribution is -2.20. The lowest BCUT2D eigenvalue weighted by molar-refractivity contribution is 0.0964. The maximum Gasteiger partial charge on any atom is 0.294 e. The average molecular weight is 265 g/mol. The van der Waals surface area contributed by atoms with Crippen LogP contribution < -0.4 is 10.6 Å². The number of aryl methyl sites for hydroxylation is 1. The molecule has 2 rings (SSSR count). The number of hydrogen-bond donors (Lipinski definition) is 2. The van der Waals surface area contributed by atoms with Crippen molar-refractivity contribution in [2.45, 2.75) is 6.92 Å². The van der Waals surface area contributed by atoms with Gasteiger partial charge in [-0.05, 0) is 18.4 Å². The topological polar surface area (TPSA) is 84.2 Å². The van der Waals surface area contributed by atoms with Crippen molar-refractivity contribution in [3.8, 4) is 0 Å². The average Bonchev–Trinajstić information content (AvgIpc) is 2.97.